The summed E-state index contributed by atoms with van der Waals surface area (Å²) >= 11 is 0. The van der Waals surface area contributed by atoms with Crippen LogP contribution in [0.25, 0.3) is 11.4 Å². The van der Waals surface area contributed by atoms with Gasteiger partial charge in [0.25, 0.3) is 0 Å². The van der Waals surface area contributed by atoms with Crippen LogP contribution in [0.3, 0.4) is 0 Å². The maximum Gasteiger partial charge on any atom is 0.242 e. The number of anilines is 1. The SMILES string of the molecule is Cc1nc(-c2cccnc2)nc(N2CCN(CC3CCCC3)C(=O)C2)c1C. The van der Waals surface area contributed by atoms with Crippen LogP contribution < -0.4 is 4.90 Å². The van der Waals surface area contributed by atoms with Gasteiger partial charge in [0.15, 0.2) is 5.82 Å². The zero-order chi connectivity index (χ0) is 18.8. The fourth-order valence-corrected chi connectivity index (χ4v) is 4.13. The summed E-state index contributed by atoms with van der Waals surface area (Å²) < 4.78 is 0. The van der Waals surface area contributed by atoms with E-state index in [1.807, 2.05) is 26.0 Å². The van der Waals surface area contributed by atoms with E-state index in [0.29, 0.717) is 18.3 Å². The monoisotopic (exact) mass is 365 g/mol. The number of pyridine rings is 1. The summed E-state index contributed by atoms with van der Waals surface area (Å²) in [4.78, 5) is 30.5. The molecule has 1 aliphatic heterocycles. The molecule has 0 aromatic carbocycles. The van der Waals surface area contributed by atoms with Crippen molar-refractivity contribution in [3.63, 3.8) is 0 Å². The summed E-state index contributed by atoms with van der Waals surface area (Å²) in [6, 6.07) is 3.85. The molecule has 142 valence electrons. The highest BCUT2D eigenvalue weighted by molar-refractivity contribution is 5.83. The van der Waals surface area contributed by atoms with Crippen LogP contribution in [-0.2, 0) is 4.79 Å². The first kappa shape index (κ1) is 17.9. The summed E-state index contributed by atoms with van der Waals surface area (Å²) in [5.41, 5.74) is 2.88. The third-order valence-electron chi connectivity index (χ3n) is 5.85. The van der Waals surface area contributed by atoms with Crippen molar-refractivity contribution >= 4 is 11.7 Å². The van der Waals surface area contributed by atoms with E-state index in [1.54, 1.807) is 12.4 Å². The van der Waals surface area contributed by atoms with Crippen LogP contribution in [0.1, 0.15) is 36.9 Å². The van der Waals surface area contributed by atoms with E-state index in [9.17, 15) is 4.79 Å². The Bertz CT molecular complexity index is 817. The number of amides is 1. The lowest BCUT2D eigenvalue weighted by Crippen LogP contribution is -2.52. The second-order valence-electron chi connectivity index (χ2n) is 7.73. The Hall–Kier alpha value is -2.50. The minimum atomic E-state index is 0.215. The van der Waals surface area contributed by atoms with Crippen molar-refractivity contribution in [2.75, 3.05) is 31.1 Å². The van der Waals surface area contributed by atoms with Crippen molar-refractivity contribution in [1.82, 2.24) is 19.9 Å². The molecule has 2 aromatic heterocycles. The van der Waals surface area contributed by atoms with Gasteiger partial charge in [-0.05, 0) is 44.7 Å². The molecular weight excluding hydrogens is 338 g/mol. The molecule has 1 aliphatic carbocycles. The Kier molecular flexibility index (Phi) is 5.05. The van der Waals surface area contributed by atoms with Crippen LogP contribution in [0.2, 0.25) is 0 Å². The number of carbonyl (C=O) groups is 1. The quantitative estimate of drug-likeness (QED) is 0.833. The number of nitrogens with zero attached hydrogens (tertiary/aromatic N) is 5. The summed E-state index contributed by atoms with van der Waals surface area (Å²) in [5.74, 6) is 2.45. The first-order valence-electron chi connectivity index (χ1n) is 9.90. The van der Waals surface area contributed by atoms with E-state index < -0.39 is 0 Å². The third kappa shape index (κ3) is 3.80. The minimum Gasteiger partial charge on any atom is -0.345 e. The Labute approximate surface area is 160 Å². The number of hydrogen-bond donors (Lipinski definition) is 0. The molecule has 0 atom stereocenters. The summed E-state index contributed by atoms with van der Waals surface area (Å²) in [6.07, 6.45) is 8.69. The third-order valence-corrected chi connectivity index (χ3v) is 5.85. The fourth-order valence-electron chi connectivity index (χ4n) is 4.13. The Morgan fingerprint density at radius 3 is 2.67 bits per heavy atom. The molecule has 2 aliphatic rings. The van der Waals surface area contributed by atoms with Gasteiger partial charge in [0.2, 0.25) is 5.91 Å². The number of hydrogen-bond acceptors (Lipinski definition) is 5. The van der Waals surface area contributed by atoms with Gasteiger partial charge in [0.05, 0.1) is 6.54 Å². The Balaban J connectivity index is 1.53. The van der Waals surface area contributed by atoms with Gasteiger partial charge in [-0.25, -0.2) is 9.97 Å². The van der Waals surface area contributed by atoms with E-state index in [0.717, 1.165) is 42.3 Å². The van der Waals surface area contributed by atoms with Crippen molar-refractivity contribution in [1.29, 1.82) is 0 Å². The van der Waals surface area contributed by atoms with Gasteiger partial charge in [0.1, 0.15) is 5.82 Å². The number of carbonyl (C=O) groups excluding carboxylic acids is 1. The zero-order valence-corrected chi connectivity index (χ0v) is 16.2. The van der Waals surface area contributed by atoms with Gasteiger partial charge >= 0.3 is 0 Å². The molecule has 0 radical (unpaired) electrons. The molecule has 1 saturated carbocycles. The number of aryl methyl sites for hydroxylation is 1. The maximum atomic E-state index is 12.7. The molecule has 2 fully saturated rings. The van der Waals surface area contributed by atoms with Gasteiger partial charge in [-0.3, -0.25) is 9.78 Å². The molecular formula is C21H27N5O. The second-order valence-corrected chi connectivity index (χ2v) is 7.73. The number of aromatic nitrogens is 3. The average Bonchev–Trinajstić information content (AvgIpc) is 3.19. The van der Waals surface area contributed by atoms with Gasteiger partial charge in [-0.2, -0.15) is 0 Å². The highest BCUT2D eigenvalue weighted by Gasteiger charge is 2.29. The molecule has 0 unspecified atom stereocenters. The molecule has 4 rings (SSSR count). The second kappa shape index (κ2) is 7.62. The number of rotatable bonds is 4. The molecule has 0 spiro atoms. The molecule has 3 heterocycles. The van der Waals surface area contributed by atoms with E-state index in [-0.39, 0.29) is 5.91 Å². The zero-order valence-electron chi connectivity index (χ0n) is 16.2. The Morgan fingerprint density at radius 1 is 1.15 bits per heavy atom. The lowest BCUT2D eigenvalue weighted by molar-refractivity contribution is -0.131. The van der Waals surface area contributed by atoms with Crippen molar-refractivity contribution in [3.8, 4) is 11.4 Å². The van der Waals surface area contributed by atoms with E-state index in [4.69, 9.17) is 4.98 Å². The first-order valence-corrected chi connectivity index (χ1v) is 9.90. The van der Waals surface area contributed by atoms with Crippen LogP contribution in [-0.4, -0.2) is 51.9 Å². The largest absolute Gasteiger partial charge is 0.345 e. The van der Waals surface area contributed by atoms with Gasteiger partial charge in [0, 0.05) is 48.8 Å². The lowest BCUT2D eigenvalue weighted by Gasteiger charge is -2.37. The lowest BCUT2D eigenvalue weighted by atomic mass is 10.1. The molecule has 0 N–H and O–H groups in total. The van der Waals surface area contributed by atoms with Crippen molar-refractivity contribution in [2.24, 2.45) is 5.92 Å². The van der Waals surface area contributed by atoms with Gasteiger partial charge < -0.3 is 9.80 Å². The summed E-state index contributed by atoms with van der Waals surface area (Å²) in [5, 5.41) is 0. The molecule has 2 aromatic rings. The van der Waals surface area contributed by atoms with Crippen molar-refractivity contribution in [3.05, 3.63) is 35.8 Å². The average molecular weight is 365 g/mol. The Morgan fingerprint density at radius 2 is 1.96 bits per heavy atom. The molecule has 1 saturated heterocycles. The van der Waals surface area contributed by atoms with Crippen LogP contribution >= 0.6 is 0 Å². The highest BCUT2D eigenvalue weighted by atomic mass is 16.2. The van der Waals surface area contributed by atoms with E-state index in [1.165, 1.54) is 25.7 Å². The first-order chi connectivity index (χ1) is 13.1. The van der Waals surface area contributed by atoms with Crippen LogP contribution in [0.5, 0.6) is 0 Å². The van der Waals surface area contributed by atoms with Gasteiger partial charge in [-0.15, -0.1) is 0 Å². The number of piperazine rings is 1. The normalized spacial score (nSPS) is 18.4. The van der Waals surface area contributed by atoms with Crippen LogP contribution in [0.4, 0.5) is 5.82 Å². The fraction of sp³-hybridized carbons (Fsp3) is 0.524. The molecule has 1 amide bonds. The van der Waals surface area contributed by atoms with E-state index >= 15 is 0 Å². The van der Waals surface area contributed by atoms with Crippen LogP contribution in [0.15, 0.2) is 24.5 Å². The molecule has 27 heavy (non-hydrogen) atoms. The maximum absolute atomic E-state index is 12.7. The van der Waals surface area contributed by atoms with Crippen LogP contribution in [0, 0.1) is 19.8 Å². The summed E-state index contributed by atoms with van der Waals surface area (Å²) in [7, 11) is 0. The van der Waals surface area contributed by atoms with Crippen molar-refractivity contribution in [2.45, 2.75) is 39.5 Å². The smallest absolute Gasteiger partial charge is 0.242 e. The summed E-state index contributed by atoms with van der Waals surface area (Å²) in [6.45, 7) is 6.96. The van der Waals surface area contributed by atoms with Gasteiger partial charge in [-0.1, -0.05) is 12.8 Å². The topological polar surface area (TPSA) is 62.2 Å². The standard InChI is InChI=1S/C21H27N5O/c1-15-16(2)23-20(18-8-5-9-22-12-18)24-21(15)26-11-10-25(19(27)14-26)13-17-6-3-4-7-17/h5,8-9,12,17H,3-4,6-7,10-11,13-14H2,1-2H3. The predicted octanol–water partition coefficient (Wildman–Crippen LogP) is 2.99. The molecule has 6 heteroatoms. The van der Waals surface area contributed by atoms with E-state index in [2.05, 4.69) is 19.8 Å². The minimum absolute atomic E-state index is 0.215. The van der Waals surface area contributed by atoms with Crippen molar-refractivity contribution < 1.29 is 4.79 Å². The highest BCUT2D eigenvalue weighted by Crippen LogP contribution is 2.28. The molecule has 0 bridgehead atoms. The molecule has 6 nitrogen and oxygen atoms in total. The predicted molar refractivity (Wildman–Crippen MR) is 105 cm³/mol.